The highest BCUT2D eigenvalue weighted by Gasteiger charge is 2.22. The first-order chi connectivity index (χ1) is 13.3. The van der Waals surface area contributed by atoms with Crippen molar-refractivity contribution in [2.24, 2.45) is 0 Å². The number of rotatable bonds is 5. The van der Waals surface area contributed by atoms with Crippen LogP contribution in [0.4, 0.5) is 0 Å². The zero-order valence-electron chi connectivity index (χ0n) is 14.3. The molecule has 0 spiro atoms. The maximum atomic E-state index is 12.3. The molecule has 3 aromatic rings. The third kappa shape index (κ3) is 4.31. The first-order valence-corrected chi connectivity index (χ1v) is 10.5. The zero-order valence-corrected chi connectivity index (χ0v) is 16.7. The quantitative estimate of drug-likeness (QED) is 0.653. The van der Waals surface area contributed by atoms with Crippen LogP contribution in [0.15, 0.2) is 52.9 Å². The van der Waals surface area contributed by atoms with Crippen LogP contribution in [0.1, 0.15) is 20.9 Å². The van der Waals surface area contributed by atoms with Crippen LogP contribution < -0.4 is 9.46 Å². The molecule has 0 aliphatic rings. The molecule has 142 valence electrons. The van der Waals surface area contributed by atoms with E-state index in [0.717, 1.165) is 11.3 Å². The predicted octanol–water partition coefficient (Wildman–Crippen LogP) is 3.89. The molecule has 2 aromatic carbocycles. The number of thiazole rings is 1. The molecule has 0 saturated carbocycles. The second kappa shape index (κ2) is 7.98. The number of benzene rings is 2. The molecular weight excluding hydrogens is 422 g/mol. The maximum Gasteiger partial charge on any atom is 0.282 e. The standard InChI is InChI=1S/C18H12ClN3O4S2/c1-11-21-17(10-27-11)28(24,25)22-18(23)12-6-7-16(14(19)8-12)26-15-5-3-2-4-13(15)9-20/h2-8,10H,1H3,(H,22,23). The lowest BCUT2D eigenvalue weighted by atomic mass is 10.2. The van der Waals surface area contributed by atoms with E-state index in [9.17, 15) is 13.2 Å². The molecule has 3 rings (SSSR count). The van der Waals surface area contributed by atoms with E-state index in [0.29, 0.717) is 16.3 Å². The van der Waals surface area contributed by atoms with Gasteiger partial charge in [0.15, 0.2) is 5.03 Å². The minimum absolute atomic E-state index is 0.0291. The number of halogens is 1. The van der Waals surface area contributed by atoms with E-state index < -0.39 is 15.9 Å². The summed E-state index contributed by atoms with van der Waals surface area (Å²) < 4.78 is 32.0. The third-order valence-corrected chi connectivity index (χ3v) is 5.95. The monoisotopic (exact) mass is 433 g/mol. The van der Waals surface area contributed by atoms with Gasteiger partial charge in [-0.3, -0.25) is 4.79 Å². The number of ether oxygens (including phenoxy) is 1. The van der Waals surface area contributed by atoms with Gasteiger partial charge in [0, 0.05) is 10.9 Å². The zero-order chi connectivity index (χ0) is 20.3. The van der Waals surface area contributed by atoms with Crippen LogP contribution in [0.2, 0.25) is 5.02 Å². The second-order valence-electron chi connectivity index (χ2n) is 5.49. The van der Waals surface area contributed by atoms with Gasteiger partial charge in [0.05, 0.1) is 15.6 Å². The van der Waals surface area contributed by atoms with Gasteiger partial charge in [-0.15, -0.1) is 11.3 Å². The largest absolute Gasteiger partial charge is 0.454 e. The van der Waals surface area contributed by atoms with Crippen molar-refractivity contribution < 1.29 is 17.9 Å². The van der Waals surface area contributed by atoms with Crippen molar-refractivity contribution in [3.8, 4) is 17.6 Å². The molecule has 0 radical (unpaired) electrons. The summed E-state index contributed by atoms with van der Waals surface area (Å²) in [6.07, 6.45) is 0. The van der Waals surface area contributed by atoms with Crippen LogP contribution in [0.3, 0.4) is 0 Å². The molecule has 1 aromatic heterocycles. The smallest absolute Gasteiger partial charge is 0.282 e. The summed E-state index contributed by atoms with van der Waals surface area (Å²) in [6.45, 7) is 1.66. The van der Waals surface area contributed by atoms with Gasteiger partial charge in [0.25, 0.3) is 15.9 Å². The lowest BCUT2D eigenvalue weighted by molar-refractivity contribution is 0.0981. The SMILES string of the molecule is Cc1nc(S(=O)(=O)NC(=O)c2ccc(Oc3ccccc3C#N)c(Cl)c2)cs1. The van der Waals surface area contributed by atoms with Gasteiger partial charge in [0.2, 0.25) is 0 Å². The molecule has 1 amide bonds. The highest BCUT2D eigenvalue weighted by Crippen LogP contribution is 2.31. The highest BCUT2D eigenvalue weighted by molar-refractivity contribution is 7.90. The summed E-state index contributed by atoms with van der Waals surface area (Å²) in [7, 11) is -4.08. The van der Waals surface area contributed by atoms with E-state index in [1.165, 1.54) is 23.6 Å². The molecular formula is C18H12ClN3O4S2. The molecule has 10 heteroatoms. The second-order valence-corrected chi connectivity index (χ2v) is 8.59. The lowest BCUT2D eigenvalue weighted by Crippen LogP contribution is -2.30. The van der Waals surface area contributed by atoms with Gasteiger partial charge < -0.3 is 4.74 Å². The first kappa shape index (κ1) is 19.8. The molecule has 0 atom stereocenters. The van der Waals surface area contributed by atoms with E-state index in [2.05, 4.69) is 4.98 Å². The van der Waals surface area contributed by atoms with Gasteiger partial charge in [-0.25, -0.2) is 9.71 Å². The van der Waals surface area contributed by atoms with Crippen molar-refractivity contribution in [1.29, 1.82) is 5.26 Å². The number of hydrogen-bond acceptors (Lipinski definition) is 7. The van der Waals surface area contributed by atoms with Gasteiger partial charge >= 0.3 is 0 Å². The number of carbonyl (C=O) groups is 1. The number of aromatic nitrogens is 1. The Kier molecular flexibility index (Phi) is 5.65. The lowest BCUT2D eigenvalue weighted by Gasteiger charge is -2.10. The van der Waals surface area contributed by atoms with Gasteiger partial charge in [0.1, 0.15) is 17.6 Å². The van der Waals surface area contributed by atoms with E-state index in [4.69, 9.17) is 21.6 Å². The molecule has 28 heavy (non-hydrogen) atoms. The fourth-order valence-corrected chi connectivity index (χ4v) is 4.32. The van der Waals surface area contributed by atoms with E-state index in [1.807, 2.05) is 10.8 Å². The fourth-order valence-electron chi connectivity index (χ4n) is 2.19. The van der Waals surface area contributed by atoms with Crippen molar-refractivity contribution in [2.75, 3.05) is 0 Å². The van der Waals surface area contributed by atoms with Crippen LogP contribution >= 0.6 is 22.9 Å². The average molecular weight is 434 g/mol. The van der Waals surface area contributed by atoms with Gasteiger partial charge in [-0.1, -0.05) is 23.7 Å². The van der Waals surface area contributed by atoms with Crippen molar-refractivity contribution in [3.05, 3.63) is 69.0 Å². The number of hydrogen-bond donors (Lipinski definition) is 1. The summed E-state index contributed by atoms with van der Waals surface area (Å²) in [4.78, 5) is 16.2. The number of carbonyl (C=O) groups excluding carboxylic acids is 1. The number of nitrogens with zero attached hydrogens (tertiary/aromatic N) is 2. The van der Waals surface area contributed by atoms with Gasteiger partial charge in [-0.2, -0.15) is 13.7 Å². The Morgan fingerprint density at radius 1 is 1.25 bits per heavy atom. The molecule has 0 aliphatic carbocycles. The molecule has 1 heterocycles. The van der Waals surface area contributed by atoms with E-state index in [-0.39, 0.29) is 21.4 Å². The molecule has 0 saturated heterocycles. The summed E-state index contributed by atoms with van der Waals surface area (Å²) in [6, 6.07) is 12.7. The number of para-hydroxylation sites is 1. The summed E-state index contributed by atoms with van der Waals surface area (Å²) in [5.41, 5.74) is 0.353. The Labute approximate surface area is 170 Å². The van der Waals surface area contributed by atoms with E-state index >= 15 is 0 Å². The van der Waals surface area contributed by atoms with Crippen LogP contribution in [-0.4, -0.2) is 19.3 Å². The van der Waals surface area contributed by atoms with Crippen LogP contribution in [-0.2, 0) is 10.0 Å². The molecule has 0 unspecified atom stereocenters. The maximum absolute atomic E-state index is 12.3. The molecule has 1 N–H and O–H groups in total. The van der Waals surface area contributed by atoms with E-state index in [1.54, 1.807) is 31.2 Å². The Hall–Kier alpha value is -2.93. The molecule has 0 aliphatic heterocycles. The number of nitriles is 1. The average Bonchev–Trinajstić information content (AvgIpc) is 3.11. The Morgan fingerprint density at radius 3 is 2.64 bits per heavy atom. The van der Waals surface area contributed by atoms with Crippen molar-refractivity contribution in [1.82, 2.24) is 9.71 Å². The van der Waals surface area contributed by atoms with Gasteiger partial charge in [-0.05, 0) is 37.3 Å². The highest BCUT2D eigenvalue weighted by atomic mass is 35.5. The predicted molar refractivity (Wildman–Crippen MR) is 104 cm³/mol. The van der Waals surface area contributed by atoms with Crippen molar-refractivity contribution in [2.45, 2.75) is 11.9 Å². The normalized spacial score (nSPS) is 10.9. The van der Waals surface area contributed by atoms with Crippen LogP contribution in [0.5, 0.6) is 11.5 Å². The minimum atomic E-state index is -4.08. The molecule has 0 bridgehead atoms. The molecule has 7 nitrogen and oxygen atoms in total. The van der Waals surface area contributed by atoms with Crippen molar-refractivity contribution in [3.63, 3.8) is 0 Å². The Balaban J connectivity index is 1.80. The summed E-state index contributed by atoms with van der Waals surface area (Å²) in [5.74, 6) is -0.319. The number of amides is 1. The number of nitrogens with one attached hydrogen (secondary N) is 1. The summed E-state index contributed by atoms with van der Waals surface area (Å²) >= 11 is 7.32. The first-order valence-electron chi connectivity index (χ1n) is 7.76. The Bertz CT molecular complexity index is 1200. The summed E-state index contributed by atoms with van der Waals surface area (Å²) in [5, 5.41) is 10.9. The number of aryl methyl sites for hydroxylation is 1. The topological polar surface area (TPSA) is 109 Å². The minimum Gasteiger partial charge on any atom is -0.454 e. The van der Waals surface area contributed by atoms with Crippen LogP contribution in [0, 0.1) is 18.3 Å². The third-order valence-electron chi connectivity index (χ3n) is 3.52. The Morgan fingerprint density at radius 2 is 2.00 bits per heavy atom. The van der Waals surface area contributed by atoms with Crippen LogP contribution in [0.25, 0.3) is 0 Å². The van der Waals surface area contributed by atoms with Crippen molar-refractivity contribution >= 4 is 38.9 Å². The fraction of sp³-hybridized carbons (Fsp3) is 0.0556. The molecule has 0 fully saturated rings. The number of sulfonamides is 1.